The molecule has 7 nitrogen and oxygen atoms in total. The highest BCUT2D eigenvalue weighted by molar-refractivity contribution is 6.36. The van der Waals surface area contributed by atoms with E-state index in [0.717, 1.165) is 23.1 Å². The molecular weight excluding hydrogens is 406 g/mol. The van der Waals surface area contributed by atoms with Crippen molar-refractivity contribution in [2.75, 3.05) is 26.2 Å². The van der Waals surface area contributed by atoms with Crippen LogP contribution in [0.2, 0.25) is 5.02 Å². The number of nitrogens with zero attached hydrogens (tertiary/aromatic N) is 3. The number of halogens is 1. The molecule has 0 aliphatic carbocycles. The summed E-state index contributed by atoms with van der Waals surface area (Å²) < 4.78 is 13.3. The van der Waals surface area contributed by atoms with E-state index in [1.165, 1.54) is 6.26 Å². The van der Waals surface area contributed by atoms with Crippen molar-refractivity contribution in [1.82, 2.24) is 14.4 Å². The standard InChI is InChI=1S/C22H22ClN3O4/c1-2-14-13-26-17(12-15-16(23)5-6-18(30-14)20(15)26)21(27)24-7-9-25(10-8-24)22(28)19-4-3-11-29-19/h3-6,11-12,14H,2,7-10,13H2,1H3/t14-/m1/s1. The van der Waals surface area contributed by atoms with Crippen molar-refractivity contribution in [2.45, 2.75) is 26.0 Å². The number of hydrogen-bond acceptors (Lipinski definition) is 4. The highest BCUT2D eigenvalue weighted by Gasteiger charge is 2.31. The summed E-state index contributed by atoms with van der Waals surface area (Å²) in [5.41, 5.74) is 1.49. The molecule has 0 unspecified atom stereocenters. The number of carbonyl (C=O) groups is 2. The van der Waals surface area contributed by atoms with Gasteiger partial charge >= 0.3 is 0 Å². The first-order valence-corrected chi connectivity index (χ1v) is 10.5. The third-order valence-electron chi connectivity index (χ3n) is 5.91. The third kappa shape index (κ3) is 3.04. The molecule has 0 N–H and O–H groups in total. The quantitative estimate of drug-likeness (QED) is 0.639. The number of piperazine rings is 1. The van der Waals surface area contributed by atoms with Crippen molar-refractivity contribution in [2.24, 2.45) is 0 Å². The summed E-state index contributed by atoms with van der Waals surface area (Å²) in [6, 6.07) is 8.91. The molecule has 2 aromatic heterocycles. The maximum Gasteiger partial charge on any atom is 0.289 e. The molecule has 0 bridgehead atoms. The molecule has 1 aromatic carbocycles. The number of hydrogen-bond donors (Lipinski definition) is 0. The van der Waals surface area contributed by atoms with Crippen molar-refractivity contribution in [3.05, 3.63) is 53.1 Å². The van der Waals surface area contributed by atoms with E-state index < -0.39 is 0 Å². The minimum absolute atomic E-state index is 0.0172. The van der Waals surface area contributed by atoms with E-state index in [9.17, 15) is 9.59 Å². The van der Waals surface area contributed by atoms with Crippen molar-refractivity contribution >= 4 is 34.3 Å². The summed E-state index contributed by atoms with van der Waals surface area (Å²) in [4.78, 5) is 29.4. The average Bonchev–Trinajstić information content (AvgIpc) is 3.44. The molecule has 1 saturated heterocycles. The molecule has 1 atom stereocenters. The lowest BCUT2D eigenvalue weighted by molar-refractivity contribution is 0.0510. The minimum atomic E-state index is -0.144. The lowest BCUT2D eigenvalue weighted by atomic mass is 10.2. The first-order valence-electron chi connectivity index (χ1n) is 10.2. The number of aromatic nitrogens is 1. The van der Waals surface area contributed by atoms with Crippen LogP contribution < -0.4 is 4.74 Å². The lowest BCUT2D eigenvalue weighted by Crippen LogP contribution is -2.51. The fraction of sp³-hybridized carbons (Fsp3) is 0.364. The number of carbonyl (C=O) groups excluding carboxylic acids is 2. The average molecular weight is 428 g/mol. The molecule has 30 heavy (non-hydrogen) atoms. The Morgan fingerprint density at radius 1 is 1.10 bits per heavy atom. The summed E-state index contributed by atoms with van der Waals surface area (Å²) in [7, 11) is 0. The van der Waals surface area contributed by atoms with E-state index in [4.69, 9.17) is 20.8 Å². The summed E-state index contributed by atoms with van der Waals surface area (Å²) in [6.45, 7) is 4.58. The summed E-state index contributed by atoms with van der Waals surface area (Å²) >= 11 is 6.41. The van der Waals surface area contributed by atoms with Crippen molar-refractivity contribution in [1.29, 1.82) is 0 Å². The third-order valence-corrected chi connectivity index (χ3v) is 6.24. The largest absolute Gasteiger partial charge is 0.486 e. The fourth-order valence-electron chi connectivity index (χ4n) is 4.24. The van der Waals surface area contributed by atoms with E-state index in [1.807, 2.05) is 22.8 Å². The van der Waals surface area contributed by atoms with E-state index in [2.05, 4.69) is 6.92 Å². The van der Waals surface area contributed by atoms with Crippen molar-refractivity contribution in [3.8, 4) is 5.75 Å². The van der Waals surface area contributed by atoms with Crippen LogP contribution in [-0.4, -0.2) is 58.5 Å². The van der Waals surface area contributed by atoms with Gasteiger partial charge in [-0.25, -0.2) is 0 Å². The predicted molar refractivity (Wildman–Crippen MR) is 112 cm³/mol. The SMILES string of the molecule is CC[C@@H]1Cn2c(C(=O)N3CCN(C(=O)c4ccco4)CC3)cc3c(Cl)ccc(c32)O1. The van der Waals surface area contributed by atoms with Crippen LogP contribution in [0.25, 0.3) is 10.9 Å². The Morgan fingerprint density at radius 2 is 1.83 bits per heavy atom. The Kier molecular flexibility index (Phi) is 4.70. The molecule has 1 fully saturated rings. The zero-order valence-electron chi connectivity index (χ0n) is 16.6. The molecule has 156 valence electrons. The van der Waals surface area contributed by atoms with Crippen LogP contribution in [0.3, 0.4) is 0 Å². The molecule has 2 aliphatic heterocycles. The van der Waals surface area contributed by atoms with Gasteiger partial charge in [-0.3, -0.25) is 9.59 Å². The van der Waals surface area contributed by atoms with Gasteiger partial charge in [0, 0.05) is 31.6 Å². The van der Waals surface area contributed by atoms with E-state index in [0.29, 0.717) is 49.2 Å². The molecule has 5 rings (SSSR count). The van der Waals surface area contributed by atoms with Crippen LogP contribution in [-0.2, 0) is 6.54 Å². The highest BCUT2D eigenvalue weighted by atomic mass is 35.5. The Balaban J connectivity index is 1.39. The zero-order valence-corrected chi connectivity index (χ0v) is 17.4. The maximum absolute atomic E-state index is 13.4. The maximum atomic E-state index is 13.4. The number of benzene rings is 1. The second-order valence-corrected chi connectivity index (χ2v) is 8.06. The van der Waals surface area contributed by atoms with Crippen molar-refractivity contribution < 1.29 is 18.7 Å². The van der Waals surface area contributed by atoms with Gasteiger partial charge in [0.1, 0.15) is 17.5 Å². The van der Waals surface area contributed by atoms with Gasteiger partial charge in [-0.2, -0.15) is 0 Å². The molecular formula is C22H22ClN3O4. The smallest absolute Gasteiger partial charge is 0.289 e. The van der Waals surface area contributed by atoms with Gasteiger partial charge in [0.2, 0.25) is 0 Å². The Labute approximate surface area is 178 Å². The Hall–Kier alpha value is -2.93. The highest BCUT2D eigenvalue weighted by Crippen LogP contribution is 2.38. The molecule has 2 amide bonds. The summed E-state index contributed by atoms with van der Waals surface area (Å²) in [5.74, 6) is 0.898. The van der Waals surface area contributed by atoms with E-state index >= 15 is 0 Å². The van der Waals surface area contributed by atoms with Crippen LogP contribution in [0.15, 0.2) is 41.0 Å². The first kappa shape index (κ1) is 19.1. The first-order chi connectivity index (χ1) is 14.6. The number of rotatable bonds is 3. The van der Waals surface area contributed by atoms with Gasteiger partial charge in [-0.15, -0.1) is 0 Å². The molecule has 4 heterocycles. The minimum Gasteiger partial charge on any atom is -0.486 e. The number of ether oxygens (including phenoxy) is 1. The summed E-state index contributed by atoms with van der Waals surface area (Å²) in [5, 5.41) is 1.44. The molecule has 8 heteroatoms. The van der Waals surface area contributed by atoms with Gasteiger partial charge in [0.25, 0.3) is 11.8 Å². The number of furan rings is 1. The van der Waals surface area contributed by atoms with E-state index in [-0.39, 0.29) is 17.9 Å². The zero-order chi connectivity index (χ0) is 20.8. The molecule has 2 aliphatic rings. The molecule has 0 radical (unpaired) electrons. The topological polar surface area (TPSA) is 67.9 Å². The molecule has 0 spiro atoms. The van der Waals surface area contributed by atoms with Gasteiger partial charge < -0.3 is 23.5 Å². The lowest BCUT2D eigenvalue weighted by Gasteiger charge is -2.35. The van der Waals surface area contributed by atoms with Crippen LogP contribution in [0, 0.1) is 0 Å². The number of amides is 2. The van der Waals surface area contributed by atoms with Crippen LogP contribution >= 0.6 is 11.6 Å². The van der Waals surface area contributed by atoms with Crippen LogP contribution in [0.5, 0.6) is 5.75 Å². The molecule has 0 saturated carbocycles. The van der Waals surface area contributed by atoms with Crippen LogP contribution in [0.1, 0.15) is 34.4 Å². The Morgan fingerprint density at radius 3 is 2.50 bits per heavy atom. The summed E-state index contributed by atoms with van der Waals surface area (Å²) in [6.07, 6.45) is 2.36. The Bertz CT molecular complexity index is 1110. The normalized spacial score (nSPS) is 18.5. The van der Waals surface area contributed by atoms with Gasteiger partial charge in [-0.1, -0.05) is 18.5 Å². The monoisotopic (exact) mass is 427 g/mol. The fourth-order valence-corrected chi connectivity index (χ4v) is 4.45. The van der Waals surface area contributed by atoms with Crippen molar-refractivity contribution in [3.63, 3.8) is 0 Å². The van der Waals surface area contributed by atoms with E-state index in [1.54, 1.807) is 21.9 Å². The second-order valence-electron chi connectivity index (χ2n) is 7.66. The van der Waals surface area contributed by atoms with Gasteiger partial charge in [0.05, 0.1) is 23.3 Å². The predicted octanol–water partition coefficient (Wildman–Crippen LogP) is 3.66. The van der Waals surface area contributed by atoms with Gasteiger partial charge in [0.15, 0.2) is 5.76 Å². The molecule has 3 aromatic rings. The van der Waals surface area contributed by atoms with Crippen LogP contribution in [0.4, 0.5) is 0 Å². The van der Waals surface area contributed by atoms with Gasteiger partial charge in [-0.05, 0) is 36.8 Å². The second kappa shape index (κ2) is 7.40.